The molecule has 4 heterocycles. The van der Waals surface area contributed by atoms with Gasteiger partial charge in [-0.15, -0.1) is 33.3 Å². The van der Waals surface area contributed by atoms with E-state index < -0.39 is 0 Å². The molecule has 8 heteroatoms. The molecule has 0 aliphatic heterocycles. The van der Waals surface area contributed by atoms with Crippen LogP contribution < -0.4 is 5.32 Å². The average molecular weight is 459 g/mol. The highest BCUT2D eigenvalue weighted by atomic mass is 32.2. The van der Waals surface area contributed by atoms with E-state index in [0.29, 0.717) is 0 Å². The second-order valence-corrected chi connectivity index (χ2v) is 10.1. The van der Waals surface area contributed by atoms with E-state index in [1.165, 1.54) is 27.1 Å². The van der Waals surface area contributed by atoms with Crippen molar-refractivity contribution in [2.45, 2.75) is 42.9 Å². The van der Waals surface area contributed by atoms with Crippen LogP contribution in [0.2, 0.25) is 0 Å². The normalized spacial score (nSPS) is 14.2. The summed E-state index contributed by atoms with van der Waals surface area (Å²) in [6, 6.07) is 16.3. The minimum Gasteiger partial charge on any atom is -0.360 e. The van der Waals surface area contributed by atoms with Gasteiger partial charge in [-0.3, -0.25) is 4.40 Å². The Hall–Kier alpha value is -2.97. The monoisotopic (exact) mass is 458 g/mol. The van der Waals surface area contributed by atoms with Crippen LogP contribution >= 0.6 is 23.1 Å². The van der Waals surface area contributed by atoms with Crippen molar-refractivity contribution in [2.24, 2.45) is 0 Å². The van der Waals surface area contributed by atoms with Crippen LogP contribution in [0.15, 0.2) is 59.6 Å². The molecule has 6 rings (SSSR count). The molecule has 1 aliphatic rings. The lowest BCUT2D eigenvalue weighted by molar-refractivity contribution is 0.768. The van der Waals surface area contributed by atoms with Gasteiger partial charge < -0.3 is 5.32 Å². The van der Waals surface area contributed by atoms with Crippen LogP contribution in [-0.2, 0) is 18.6 Å². The van der Waals surface area contributed by atoms with Gasteiger partial charge in [-0.05, 0) is 56.0 Å². The van der Waals surface area contributed by atoms with Gasteiger partial charge in [0.05, 0.1) is 17.2 Å². The quantitative estimate of drug-likeness (QED) is 0.330. The number of aromatic nitrogens is 5. The predicted octanol–water partition coefficient (Wildman–Crippen LogP) is 5.69. The number of anilines is 1. The topological polar surface area (TPSA) is 68.0 Å². The number of pyridine rings is 1. The average Bonchev–Trinajstić information content (AvgIpc) is 3.52. The Labute approximate surface area is 194 Å². The Morgan fingerprint density at radius 2 is 1.94 bits per heavy atom. The lowest BCUT2D eigenvalue weighted by Gasteiger charge is -2.15. The second-order valence-electron chi connectivity index (χ2n) is 7.98. The number of thioether (sulfide) groups is 1. The molecule has 6 nitrogen and oxygen atoms in total. The highest BCUT2D eigenvalue weighted by Gasteiger charge is 2.24. The summed E-state index contributed by atoms with van der Waals surface area (Å²) in [5, 5.41) is 13.6. The number of thiophene rings is 1. The predicted molar refractivity (Wildman–Crippen MR) is 130 cm³/mol. The molecular weight excluding hydrogens is 436 g/mol. The summed E-state index contributed by atoms with van der Waals surface area (Å²) in [4.78, 5) is 13.7. The van der Waals surface area contributed by atoms with Crippen LogP contribution in [0.5, 0.6) is 0 Å². The molecule has 0 amide bonds. The Balaban J connectivity index is 1.37. The van der Waals surface area contributed by atoms with Crippen molar-refractivity contribution in [1.29, 1.82) is 0 Å². The number of benzene rings is 1. The van der Waals surface area contributed by atoms with Crippen LogP contribution in [0, 0.1) is 0 Å². The van der Waals surface area contributed by atoms with E-state index >= 15 is 0 Å². The summed E-state index contributed by atoms with van der Waals surface area (Å²) in [5.74, 6) is 3.38. The summed E-state index contributed by atoms with van der Waals surface area (Å²) in [5.41, 5.74) is 2.27. The van der Waals surface area contributed by atoms with Crippen molar-refractivity contribution in [3.63, 3.8) is 0 Å². The Kier molecular flexibility index (Phi) is 5.04. The molecule has 4 aromatic heterocycles. The van der Waals surface area contributed by atoms with E-state index in [2.05, 4.69) is 46.7 Å². The first-order chi connectivity index (χ1) is 15.8. The van der Waals surface area contributed by atoms with E-state index in [1.54, 1.807) is 11.8 Å². The number of nitrogens with zero attached hydrogens (tertiary/aromatic N) is 5. The first kappa shape index (κ1) is 19.7. The fraction of sp³-hybridized carbons (Fsp3) is 0.250. The maximum Gasteiger partial charge on any atom is 0.160 e. The van der Waals surface area contributed by atoms with Gasteiger partial charge in [0.2, 0.25) is 0 Å². The van der Waals surface area contributed by atoms with Gasteiger partial charge in [0, 0.05) is 16.0 Å². The molecule has 0 spiro atoms. The molecule has 0 fully saturated rings. The molecule has 0 saturated carbocycles. The van der Waals surface area contributed by atoms with E-state index in [1.807, 2.05) is 46.2 Å². The molecule has 0 bridgehead atoms. The highest BCUT2D eigenvalue weighted by Crippen LogP contribution is 2.40. The molecule has 160 valence electrons. The van der Waals surface area contributed by atoms with Crippen molar-refractivity contribution in [3.8, 4) is 0 Å². The maximum absolute atomic E-state index is 5.00. The van der Waals surface area contributed by atoms with Crippen LogP contribution in [-0.4, -0.2) is 24.6 Å². The number of nitrogens with one attached hydrogen (secondary N) is 1. The van der Waals surface area contributed by atoms with E-state index in [9.17, 15) is 0 Å². The number of hydrogen-bond acceptors (Lipinski definition) is 7. The molecule has 0 radical (unpaired) electrons. The SMILES string of the molecule is C[C@H](Nc1nc(CSc2ccccc2)nc2sc3c(c12)CCC3)c1nnc2ccccn12. The lowest BCUT2D eigenvalue weighted by Crippen LogP contribution is -2.13. The summed E-state index contributed by atoms with van der Waals surface area (Å²) >= 11 is 3.60. The standard InChI is InChI=1S/C24H22N6S2/c1-15(23-29-28-20-12-5-6-13-30(20)23)25-22-21-17-10-7-11-18(17)32-24(21)27-19(26-22)14-31-16-8-3-2-4-9-16/h2-6,8-9,12-13,15H,7,10-11,14H2,1H3,(H,25,26,27)/t15-/m0/s1. The number of fused-ring (bicyclic) bond motifs is 4. The maximum atomic E-state index is 5.00. The van der Waals surface area contributed by atoms with Crippen LogP contribution in [0.3, 0.4) is 0 Å². The molecule has 0 unspecified atom stereocenters. The lowest BCUT2D eigenvalue weighted by atomic mass is 10.2. The number of aryl methyl sites for hydroxylation is 2. The minimum atomic E-state index is -0.0444. The van der Waals surface area contributed by atoms with Gasteiger partial charge in [-0.1, -0.05) is 24.3 Å². The summed E-state index contributed by atoms with van der Waals surface area (Å²) in [6.45, 7) is 2.11. The fourth-order valence-corrected chi connectivity index (χ4v) is 6.35. The van der Waals surface area contributed by atoms with Crippen molar-refractivity contribution >= 4 is 44.8 Å². The van der Waals surface area contributed by atoms with E-state index in [-0.39, 0.29) is 6.04 Å². The Bertz CT molecular complexity index is 1410. The Morgan fingerprint density at radius 1 is 1.06 bits per heavy atom. The van der Waals surface area contributed by atoms with Crippen molar-refractivity contribution in [2.75, 3.05) is 5.32 Å². The second kappa shape index (κ2) is 8.18. The van der Waals surface area contributed by atoms with Crippen LogP contribution in [0.1, 0.15) is 41.5 Å². The van der Waals surface area contributed by atoms with E-state index in [0.717, 1.165) is 46.5 Å². The van der Waals surface area contributed by atoms with E-state index in [4.69, 9.17) is 9.97 Å². The molecule has 1 N–H and O–H groups in total. The van der Waals surface area contributed by atoms with Gasteiger partial charge in [-0.25, -0.2) is 9.97 Å². The zero-order valence-electron chi connectivity index (χ0n) is 17.7. The smallest absolute Gasteiger partial charge is 0.160 e. The zero-order chi connectivity index (χ0) is 21.5. The first-order valence-electron chi connectivity index (χ1n) is 10.8. The largest absolute Gasteiger partial charge is 0.360 e. The third-order valence-electron chi connectivity index (χ3n) is 5.80. The molecular formula is C24H22N6S2. The number of rotatable bonds is 6. The van der Waals surface area contributed by atoms with Crippen molar-refractivity contribution < 1.29 is 0 Å². The van der Waals surface area contributed by atoms with Crippen LogP contribution in [0.25, 0.3) is 15.9 Å². The van der Waals surface area contributed by atoms with Gasteiger partial charge in [0.15, 0.2) is 11.5 Å². The third kappa shape index (κ3) is 3.53. The fourth-order valence-electron chi connectivity index (χ4n) is 4.30. The molecule has 1 aliphatic carbocycles. The van der Waals surface area contributed by atoms with Crippen molar-refractivity contribution in [1.82, 2.24) is 24.6 Å². The molecule has 0 saturated heterocycles. The van der Waals surface area contributed by atoms with Crippen molar-refractivity contribution in [3.05, 3.63) is 76.8 Å². The highest BCUT2D eigenvalue weighted by molar-refractivity contribution is 7.98. The third-order valence-corrected chi connectivity index (χ3v) is 8.00. The number of hydrogen-bond donors (Lipinski definition) is 1. The first-order valence-corrected chi connectivity index (χ1v) is 12.6. The van der Waals surface area contributed by atoms with Crippen LogP contribution in [0.4, 0.5) is 5.82 Å². The zero-order valence-corrected chi connectivity index (χ0v) is 19.3. The molecule has 1 atom stereocenters. The molecule has 1 aromatic carbocycles. The van der Waals surface area contributed by atoms with Gasteiger partial charge in [-0.2, -0.15) is 0 Å². The molecule has 32 heavy (non-hydrogen) atoms. The van der Waals surface area contributed by atoms with Gasteiger partial charge >= 0.3 is 0 Å². The summed E-state index contributed by atoms with van der Waals surface area (Å²) < 4.78 is 2.03. The minimum absolute atomic E-state index is 0.0444. The Morgan fingerprint density at radius 3 is 2.84 bits per heavy atom. The van der Waals surface area contributed by atoms with Gasteiger partial charge in [0.25, 0.3) is 0 Å². The summed E-state index contributed by atoms with van der Waals surface area (Å²) in [6.07, 6.45) is 5.47. The molecule has 5 aromatic rings. The summed E-state index contributed by atoms with van der Waals surface area (Å²) in [7, 11) is 0. The van der Waals surface area contributed by atoms with Gasteiger partial charge in [0.1, 0.15) is 16.5 Å².